The molecule has 76 valence electrons. The van der Waals surface area contributed by atoms with Gasteiger partial charge in [-0.3, -0.25) is 4.79 Å². The largest absolute Gasteiger partial charge is 0.393 e. The van der Waals surface area contributed by atoms with E-state index < -0.39 is 18.1 Å². The Kier molecular flexibility index (Phi) is 5.34. The monoisotopic (exact) mass is 187 g/mol. The van der Waals surface area contributed by atoms with Crippen LogP contribution in [0, 0.1) is 0 Å². The molecule has 0 aromatic heterocycles. The van der Waals surface area contributed by atoms with Gasteiger partial charge in [0.15, 0.2) is 0 Å². The summed E-state index contributed by atoms with van der Waals surface area (Å²) >= 11 is 0. The van der Waals surface area contributed by atoms with Crippen molar-refractivity contribution in [2.75, 3.05) is 0 Å². The average molecular weight is 187 g/mol. The molecule has 0 aliphatic heterocycles. The molecule has 4 N–H and O–H groups in total. The molecule has 4 heteroatoms. The predicted octanol–water partition coefficient (Wildman–Crippen LogP) is -0.0601. The number of nitrogens with two attached hydrogens (primary N) is 1. The van der Waals surface area contributed by atoms with Crippen LogP contribution < -0.4 is 5.73 Å². The maximum absolute atomic E-state index is 10.6. The normalized spacial score (nSPS) is 14.8. The first-order valence-electron chi connectivity index (χ1n) is 4.26. The van der Waals surface area contributed by atoms with Crippen LogP contribution in [0.5, 0.6) is 0 Å². The second-order valence-corrected chi connectivity index (χ2v) is 3.31. The molecule has 2 atom stereocenters. The second-order valence-electron chi connectivity index (χ2n) is 3.31. The average Bonchev–Trinajstić information content (AvgIpc) is 1.80. The van der Waals surface area contributed by atoms with Crippen molar-refractivity contribution in [1.29, 1.82) is 0 Å². The molecular formula is C9H17NO3. The van der Waals surface area contributed by atoms with Crippen molar-refractivity contribution in [3.05, 3.63) is 11.6 Å². The standard InChI is InChI=1S/C9H17NO3/c1-6(11)3-8(4-7(2)12)5-9(10)13/h5-7,11-12H,3-4H2,1-2H3,(H2,10,13). The summed E-state index contributed by atoms with van der Waals surface area (Å²) in [6, 6.07) is 0. The highest BCUT2D eigenvalue weighted by Gasteiger charge is 2.07. The minimum absolute atomic E-state index is 0.369. The van der Waals surface area contributed by atoms with Gasteiger partial charge in [0.25, 0.3) is 0 Å². The molecule has 2 unspecified atom stereocenters. The van der Waals surface area contributed by atoms with Crippen LogP contribution in [0.3, 0.4) is 0 Å². The lowest BCUT2D eigenvalue weighted by molar-refractivity contribution is -0.113. The van der Waals surface area contributed by atoms with Crippen LogP contribution in [0.2, 0.25) is 0 Å². The molecule has 0 heterocycles. The zero-order chi connectivity index (χ0) is 10.4. The molecule has 0 radical (unpaired) electrons. The van der Waals surface area contributed by atoms with Gasteiger partial charge in [-0.2, -0.15) is 0 Å². The van der Waals surface area contributed by atoms with Gasteiger partial charge >= 0.3 is 0 Å². The highest BCUT2D eigenvalue weighted by molar-refractivity contribution is 5.86. The van der Waals surface area contributed by atoms with Crippen LogP contribution in [0.25, 0.3) is 0 Å². The van der Waals surface area contributed by atoms with Crippen LogP contribution in [0.15, 0.2) is 11.6 Å². The van der Waals surface area contributed by atoms with E-state index in [9.17, 15) is 4.79 Å². The Morgan fingerprint density at radius 1 is 1.31 bits per heavy atom. The topological polar surface area (TPSA) is 83.5 Å². The van der Waals surface area contributed by atoms with Gasteiger partial charge < -0.3 is 15.9 Å². The summed E-state index contributed by atoms with van der Waals surface area (Å²) < 4.78 is 0. The molecule has 13 heavy (non-hydrogen) atoms. The van der Waals surface area contributed by atoms with Crippen LogP contribution in [-0.4, -0.2) is 28.3 Å². The van der Waals surface area contributed by atoms with Gasteiger partial charge in [0.05, 0.1) is 12.2 Å². The van der Waals surface area contributed by atoms with Crippen molar-refractivity contribution in [2.24, 2.45) is 5.73 Å². The number of aliphatic hydroxyl groups is 2. The number of aliphatic hydroxyl groups excluding tert-OH is 2. The van der Waals surface area contributed by atoms with Crippen molar-refractivity contribution < 1.29 is 15.0 Å². The third-order valence-corrected chi connectivity index (χ3v) is 1.46. The molecule has 0 saturated carbocycles. The quantitative estimate of drug-likeness (QED) is 0.527. The van der Waals surface area contributed by atoms with Gasteiger partial charge in [-0.15, -0.1) is 0 Å². The number of rotatable bonds is 5. The summed E-state index contributed by atoms with van der Waals surface area (Å²) in [5.41, 5.74) is 5.64. The maximum Gasteiger partial charge on any atom is 0.241 e. The molecule has 0 bridgehead atoms. The van der Waals surface area contributed by atoms with E-state index in [1.165, 1.54) is 6.08 Å². The number of carbonyl (C=O) groups is 1. The number of hydrogen-bond donors (Lipinski definition) is 3. The SMILES string of the molecule is CC(O)CC(=CC(N)=O)CC(C)O. The van der Waals surface area contributed by atoms with Gasteiger partial charge in [0, 0.05) is 6.08 Å². The lowest BCUT2D eigenvalue weighted by Crippen LogP contribution is -2.12. The third-order valence-electron chi connectivity index (χ3n) is 1.46. The molecule has 0 aromatic carbocycles. The summed E-state index contributed by atoms with van der Waals surface area (Å²) in [5, 5.41) is 18.1. The van der Waals surface area contributed by atoms with Crippen molar-refractivity contribution in [3.8, 4) is 0 Å². The minimum Gasteiger partial charge on any atom is -0.393 e. The van der Waals surface area contributed by atoms with Gasteiger partial charge in [0.2, 0.25) is 5.91 Å². The lowest BCUT2D eigenvalue weighted by atomic mass is 10.0. The van der Waals surface area contributed by atoms with E-state index >= 15 is 0 Å². The summed E-state index contributed by atoms with van der Waals surface area (Å²) in [6.07, 6.45) is 0.954. The Bertz CT molecular complexity index is 185. The first-order valence-corrected chi connectivity index (χ1v) is 4.26. The van der Waals surface area contributed by atoms with Gasteiger partial charge in [-0.05, 0) is 26.7 Å². The first-order chi connectivity index (χ1) is 5.91. The number of carbonyl (C=O) groups excluding carboxylic acids is 1. The lowest BCUT2D eigenvalue weighted by Gasteiger charge is -2.10. The molecule has 0 aliphatic rings. The highest BCUT2D eigenvalue weighted by atomic mass is 16.3. The van der Waals surface area contributed by atoms with E-state index in [0.717, 1.165) is 0 Å². The van der Waals surface area contributed by atoms with Crippen LogP contribution in [0.1, 0.15) is 26.7 Å². The number of hydrogen-bond acceptors (Lipinski definition) is 3. The summed E-state index contributed by atoms with van der Waals surface area (Å²) in [6.45, 7) is 3.24. The van der Waals surface area contributed by atoms with E-state index in [1.54, 1.807) is 13.8 Å². The summed E-state index contributed by atoms with van der Waals surface area (Å²) in [7, 11) is 0. The molecule has 0 rings (SSSR count). The molecule has 0 aliphatic carbocycles. The maximum atomic E-state index is 10.6. The minimum atomic E-state index is -0.545. The molecular weight excluding hydrogens is 170 g/mol. The van der Waals surface area contributed by atoms with E-state index in [4.69, 9.17) is 15.9 Å². The summed E-state index contributed by atoms with van der Waals surface area (Å²) in [5.74, 6) is -0.545. The Hall–Kier alpha value is -0.870. The molecule has 1 amide bonds. The smallest absolute Gasteiger partial charge is 0.241 e. The molecule has 0 fully saturated rings. The van der Waals surface area contributed by atoms with E-state index in [0.29, 0.717) is 18.4 Å². The zero-order valence-corrected chi connectivity index (χ0v) is 8.03. The number of amides is 1. The van der Waals surface area contributed by atoms with E-state index in [1.807, 2.05) is 0 Å². The van der Waals surface area contributed by atoms with Crippen molar-refractivity contribution in [3.63, 3.8) is 0 Å². The Balaban J connectivity index is 4.27. The molecule has 4 nitrogen and oxygen atoms in total. The highest BCUT2D eigenvalue weighted by Crippen LogP contribution is 2.12. The van der Waals surface area contributed by atoms with Crippen LogP contribution >= 0.6 is 0 Å². The van der Waals surface area contributed by atoms with Crippen molar-refractivity contribution >= 4 is 5.91 Å². The van der Waals surface area contributed by atoms with Crippen molar-refractivity contribution in [1.82, 2.24) is 0 Å². The third kappa shape index (κ3) is 7.49. The fourth-order valence-corrected chi connectivity index (χ4v) is 1.16. The van der Waals surface area contributed by atoms with Gasteiger partial charge in [0.1, 0.15) is 0 Å². The zero-order valence-electron chi connectivity index (χ0n) is 8.03. The van der Waals surface area contributed by atoms with Gasteiger partial charge in [-0.1, -0.05) is 5.57 Å². The first kappa shape index (κ1) is 12.1. The molecule has 0 spiro atoms. The predicted molar refractivity (Wildman–Crippen MR) is 49.9 cm³/mol. The fourth-order valence-electron chi connectivity index (χ4n) is 1.16. The van der Waals surface area contributed by atoms with E-state index in [2.05, 4.69) is 0 Å². The summed E-state index contributed by atoms with van der Waals surface area (Å²) in [4.78, 5) is 10.6. The molecule has 0 aromatic rings. The van der Waals surface area contributed by atoms with Gasteiger partial charge in [-0.25, -0.2) is 0 Å². The second kappa shape index (κ2) is 5.72. The Morgan fingerprint density at radius 3 is 1.92 bits per heavy atom. The number of primary amides is 1. The van der Waals surface area contributed by atoms with Crippen LogP contribution in [0.4, 0.5) is 0 Å². The Labute approximate surface area is 78.1 Å². The van der Waals surface area contributed by atoms with Crippen molar-refractivity contribution in [2.45, 2.75) is 38.9 Å². The van der Waals surface area contributed by atoms with E-state index in [-0.39, 0.29) is 0 Å². The van der Waals surface area contributed by atoms with Crippen LogP contribution in [-0.2, 0) is 4.79 Å². The Morgan fingerprint density at radius 2 is 1.69 bits per heavy atom. The molecule has 0 saturated heterocycles. The fraction of sp³-hybridized carbons (Fsp3) is 0.667.